The van der Waals surface area contributed by atoms with Gasteiger partial charge in [0.05, 0.1) is 5.75 Å². The van der Waals surface area contributed by atoms with E-state index in [4.69, 9.17) is 0 Å². The van der Waals surface area contributed by atoms with Crippen LogP contribution in [0.15, 0.2) is 53.4 Å². The molecule has 6 heteroatoms. The highest BCUT2D eigenvalue weighted by Crippen LogP contribution is 2.30. The van der Waals surface area contributed by atoms with Crippen molar-refractivity contribution in [2.45, 2.75) is 17.7 Å². The topological polar surface area (TPSA) is 58.2 Å². The van der Waals surface area contributed by atoms with Gasteiger partial charge in [-0.25, -0.2) is 4.39 Å². The molecule has 0 unspecified atom stereocenters. The van der Waals surface area contributed by atoms with Gasteiger partial charge in [0.15, 0.2) is 0 Å². The molecule has 24 heavy (non-hydrogen) atoms. The molecule has 124 valence electrons. The maximum atomic E-state index is 13.5. The summed E-state index contributed by atoms with van der Waals surface area (Å²) in [7, 11) is 0. The Labute approximate surface area is 143 Å². The van der Waals surface area contributed by atoms with Crippen LogP contribution in [0.25, 0.3) is 0 Å². The number of thioether (sulfide) groups is 1. The molecule has 0 radical (unpaired) electrons. The number of carbonyl (C=O) groups excluding carboxylic acids is 2. The Morgan fingerprint density at radius 2 is 1.75 bits per heavy atom. The zero-order chi connectivity index (χ0) is 16.9. The van der Waals surface area contributed by atoms with Gasteiger partial charge in [-0.05, 0) is 43.2 Å². The highest BCUT2D eigenvalue weighted by Gasteiger charge is 2.29. The number of halogens is 1. The number of amides is 2. The molecule has 1 fully saturated rings. The van der Waals surface area contributed by atoms with Crippen molar-refractivity contribution < 1.29 is 14.0 Å². The number of hydrogen-bond acceptors (Lipinski definition) is 3. The molecule has 2 aromatic rings. The minimum absolute atomic E-state index is 0.0218. The van der Waals surface area contributed by atoms with Gasteiger partial charge in [0.2, 0.25) is 11.8 Å². The van der Waals surface area contributed by atoms with Gasteiger partial charge in [-0.1, -0.05) is 18.2 Å². The first-order chi connectivity index (χ1) is 11.6. The van der Waals surface area contributed by atoms with Crippen molar-refractivity contribution in [1.82, 2.24) is 0 Å². The summed E-state index contributed by atoms with van der Waals surface area (Å²) in [5.74, 6) is -0.303. The van der Waals surface area contributed by atoms with Crippen molar-refractivity contribution in [1.29, 1.82) is 0 Å². The molecule has 0 spiro atoms. The van der Waals surface area contributed by atoms with Crippen molar-refractivity contribution in [2.24, 2.45) is 5.92 Å². The normalized spacial score (nSPS) is 13.4. The van der Waals surface area contributed by atoms with Crippen LogP contribution in [0.1, 0.15) is 12.8 Å². The molecule has 0 atom stereocenters. The predicted octanol–water partition coefficient (Wildman–Crippen LogP) is 3.91. The average molecular weight is 344 g/mol. The average Bonchev–Trinajstić information content (AvgIpc) is 3.39. The quantitative estimate of drug-likeness (QED) is 0.781. The first-order valence-corrected chi connectivity index (χ1v) is 8.68. The zero-order valence-corrected chi connectivity index (χ0v) is 13.7. The maximum absolute atomic E-state index is 13.5. The Bertz CT molecular complexity index is 762. The molecule has 1 saturated carbocycles. The second-order valence-electron chi connectivity index (χ2n) is 5.61. The third-order valence-corrected chi connectivity index (χ3v) is 4.61. The number of rotatable bonds is 6. The Hall–Kier alpha value is -2.34. The third-order valence-electron chi connectivity index (χ3n) is 3.56. The standard InChI is InChI=1S/C18H17FN2O2S/c19-15-6-1-2-7-16(15)24-11-17(22)20-13-4-3-5-14(10-13)21-18(23)12-8-9-12/h1-7,10,12H,8-9,11H2,(H,20,22)(H,21,23). The molecule has 3 rings (SSSR count). The number of nitrogens with one attached hydrogen (secondary N) is 2. The lowest BCUT2D eigenvalue weighted by Gasteiger charge is -2.09. The Morgan fingerprint density at radius 3 is 2.46 bits per heavy atom. The molecule has 1 aliphatic carbocycles. The van der Waals surface area contributed by atoms with Crippen LogP contribution < -0.4 is 10.6 Å². The SMILES string of the molecule is O=C(CSc1ccccc1F)Nc1cccc(NC(=O)C2CC2)c1. The molecule has 0 bridgehead atoms. The van der Waals surface area contributed by atoms with Crippen molar-refractivity contribution in [3.63, 3.8) is 0 Å². The number of carbonyl (C=O) groups is 2. The van der Waals surface area contributed by atoms with Gasteiger partial charge >= 0.3 is 0 Å². The first kappa shape index (κ1) is 16.5. The van der Waals surface area contributed by atoms with Crippen LogP contribution in [0.4, 0.5) is 15.8 Å². The van der Waals surface area contributed by atoms with E-state index in [0.717, 1.165) is 24.6 Å². The van der Waals surface area contributed by atoms with Crippen molar-refractivity contribution >= 4 is 35.0 Å². The molecule has 4 nitrogen and oxygen atoms in total. The lowest BCUT2D eigenvalue weighted by atomic mass is 10.2. The van der Waals surface area contributed by atoms with Crippen molar-refractivity contribution in [3.8, 4) is 0 Å². The summed E-state index contributed by atoms with van der Waals surface area (Å²) in [5, 5.41) is 5.59. The fourth-order valence-corrected chi connectivity index (χ4v) is 2.91. The highest BCUT2D eigenvalue weighted by molar-refractivity contribution is 8.00. The Balaban J connectivity index is 1.54. The molecule has 2 amide bonds. The molecule has 0 saturated heterocycles. The van der Waals surface area contributed by atoms with Crippen molar-refractivity contribution in [2.75, 3.05) is 16.4 Å². The minimum atomic E-state index is -0.333. The van der Waals surface area contributed by atoms with Gasteiger partial charge in [-0.2, -0.15) is 0 Å². The number of hydrogen-bond donors (Lipinski definition) is 2. The van der Waals surface area contributed by atoms with E-state index in [1.54, 1.807) is 42.5 Å². The summed E-state index contributed by atoms with van der Waals surface area (Å²) in [6, 6.07) is 13.4. The van der Waals surface area contributed by atoms with Crippen LogP contribution in [-0.2, 0) is 9.59 Å². The van der Waals surface area contributed by atoms with E-state index in [-0.39, 0.29) is 29.3 Å². The molecule has 2 aromatic carbocycles. The van der Waals surface area contributed by atoms with E-state index in [9.17, 15) is 14.0 Å². The van der Waals surface area contributed by atoms with Crippen molar-refractivity contribution in [3.05, 3.63) is 54.3 Å². The molecule has 2 N–H and O–H groups in total. The van der Waals surface area contributed by atoms with E-state index in [1.165, 1.54) is 6.07 Å². The van der Waals surface area contributed by atoms with Crippen LogP contribution in [0.3, 0.4) is 0 Å². The van der Waals surface area contributed by atoms with E-state index in [1.807, 2.05) is 0 Å². The molecule has 0 heterocycles. The number of benzene rings is 2. The second-order valence-corrected chi connectivity index (χ2v) is 6.63. The minimum Gasteiger partial charge on any atom is -0.326 e. The molecular weight excluding hydrogens is 327 g/mol. The largest absolute Gasteiger partial charge is 0.326 e. The molecule has 1 aliphatic rings. The van der Waals surface area contributed by atoms with Crippen LogP contribution in [0.2, 0.25) is 0 Å². The summed E-state index contributed by atoms with van der Waals surface area (Å²) >= 11 is 1.14. The second kappa shape index (κ2) is 7.49. The van der Waals surface area contributed by atoms with Gasteiger partial charge in [0.1, 0.15) is 5.82 Å². The summed E-state index contributed by atoms with van der Waals surface area (Å²) < 4.78 is 13.5. The highest BCUT2D eigenvalue weighted by atomic mass is 32.2. The maximum Gasteiger partial charge on any atom is 0.234 e. The summed E-state index contributed by atoms with van der Waals surface area (Å²) in [6.45, 7) is 0. The fraction of sp³-hybridized carbons (Fsp3) is 0.222. The van der Waals surface area contributed by atoms with E-state index in [2.05, 4.69) is 10.6 Å². The van der Waals surface area contributed by atoms with E-state index < -0.39 is 0 Å². The Kier molecular flexibility index (Phi) is 5.15. The first-order valence-electron chi connectivity index (χ1n) is 7.70. The van der Waals surface area contributed by atoms with E-state index in [0.29, 0.717) is 16.3 Å². The monoisotopic (exact) mass is 344 g/mol. The fourth-order valence-electron chi connectivity index (χ4n) is 2.17. The van der Waals surface area contributed by atoms with Crippen LogP contribution >= 0.6 is 11.8 Å². The smallest absolute Gasteiger partial charge is 0.234 e. The van der Waals surface area contributed by atoms with Crippen LogP contribution in [0.5, 0.6) is 0 Å². The molecule has 0 aliphatic heterocycles. The number of anilines is 2. The summed E-state index contributed by atoms with van der Waals surface area (Å²) in [5.41, 5.74) is 1.26. The zero-order valence-electron chi connectivity index (χ0n) is 12.9. The van der Waals surface area contributed by atoms with Gasteiger partial charge in [0, 0.05) is 22.2 Å². The van der Waals surface area contributed by atoms with Gasteiger partial charge < -0.3 is 10.6 Å². The summed E-state index contributed by atoms with van der Waals surface area (Å²) in [6.07, 6.45) is 1.88. The molecule has 0 aromatic heterocycles. The van der Waals surface area contributed by atoms with Gasteiger partial charge in [-0.3, -0.25) is 9.59 Å². The third kappa shape index (κ3) is 4.58. The molecular formula is C18H17FN2O2S. The van der Waals surface area contributed by atoms with Crippen LogP contribution in [-0.4, -0.2) is 17.6 Å². The van der Waals surface area contributed by atoms with Gasteiger partial charge in [0.25, 0.3) is 0 Å². The van der Waals surface area contributed by atoms with Gasteiger partial charge in [-0.15, -0.1) is 11.8 Å². The lowest BCUT2D eigenvalue weighted by molar-refractivity contribution is -0.117. The Morgan fingerprint density at radius 1 is 1.04 bits per heavy atom. The van der Waals surface area contributed by atoms with E-state index >= 15 is 0 Å². The lowest BCUT2D eigenvalue weighted by Crippen LogP contribution is -2.15. The summed E-state index contributed by atoms with van der Waals surface area (Å²) in [4.78, 5) is 24.2. The predicted molar refractivity (Wildman–Crippen MR) is 93.5 cm³/mol. The van der Waals surface area contributed by atoms with Crippen LogP contribution in [0, 0.1) is 11.7 Å².